The number of urea groups is 1. The molecule has 0 aromatic carbocycles. The van der Waals surface area contributed by atoms with Gasteiger partial charge < -0.3 is 19.6 Å². The molecule has 0 bridgehead atoms. The van der Waals surface area contributed by atoms with Crippen LogP contribution in [0.2, 0.25) is 0 Å². The third-order valence-electron chi connectivity index (χ3n) is 4.08. The van der Waals surface area contributed by atoms with Crippen molar-refractivity contribution >= 4 is 12.0 Å². The Morgan fingerprint density at radius 1 is 1.30 bits per heavy atom. The molecule has 0 aliphatic carbocycles. The van der Waals surface area contributed by atoms with Crippen molar-refractivity contribution in [1.29, 1.82) is 0 Å². The second kappa shape index (κ2) is 6.92. The van der Waals surface area contributed by atoms with Crippen LogP contribution in [0.15, 0.2) is 0 Å². The summed E-state index contributed by atoms with van der Waals surface area (Å²) < 4.78 is 5.46. The van der Waals surface area contributed by atoms with Crippen LogP contribution < -0.4 is 0 Å². The van der Waals surface area contributed by atoms with Gasteiger partial charge in [0.15, 0.2) is 0 Å². The summed E-state index contributed by atoms with van der Waals surface area (Å²) in [6.07, 6.45) is 3.77. The molecule has 114 valence electrons. The molecule has 2 aliphatic rings. The maximum atomic E-state index is 12.6. The number of carbonyl (C=O) groups is 2. The van der Waals surface area contributed by atoms with Crippen molar-refractivity contribution in [3.05, 3.63) is 0 Å². The Hall–Kier alpha value is -1.30. The number of carboxylic acids is 1. The molecule has 6 heteroatoms. The van der Waals surface area contributed by atoms with Crippen LogP contribution in [-0.4, -0.2) is 65.3 Å². The van der Waals surface area contributed by atoms with E-state index < -0.39 is 5.97 Å². The number of piperidine rings is 1. The van der Waals surface area contributed by atoms with Gasteiger partial charge >= 0.3 is 12.0 Å². The van der Waals surface area contributed by atoms with E-state index in [0.29, 0.717) is 26.1 Å². The maximum Gasteiger partial charge on any atom is 0.320 e. The number of amides is 2. The molecule has 2 fully saturated rings. The molecule has 0 saturated carbocycles. The second-order valence-electron chi connectivity index (χ2n) is 5.69. The minimum absolute atomic E-state index is 0.0511. The standard InChI is InChI=1S/C14H24N2O4/c1-11-10-15(8-9-20-11)14(19)16-7-3-2-4-12(16)5-6-13(17)18/h11-12H,2-10H2,1H3,(H,17,18). The number of carboxylic acid groups (broad SMARTS) is 1. The average molecular weight is 284 g/mol. The summed E-state index contributed by atoms with van der Waals surface area (Å²) in [6, 6.07) is 0.126. The van der Waals surface area contributed by atoms with Crippen LogP contribution in [-0.2, 0) is 9.53 Å². The predicted molar refractivity (Wildman–Crippen MR) is 73.6 cm³/mol. The highest BCUT2D eigenvalue weighted by Crippen LogP contribution is 2.23. The Kier molecular flexibility index (Phi) is 5.23. The summed E-state index contributed by atoms with van der Waals surface area (Å²) in [6.45, 7) is 4.55. The first-order valence-electron chi connectivity index (χ1n) is 7.47. The van der Waals surface area contributed by atoms with E-state index in [1.54, 1.807) is 0 Å². The maximum absolute atomic E-state index is 12.6. The smallest absolute Gasteiger partial charge is 0.320 e. The van der Waals surface area contributed by atoms with Crippen molar-refractivity contribution in [2.75, 3.05) is 26.2 Å². The molecule has 2 aliphatic heterocycles. The van der Waals surface area contributed by atoms with Crippen molar-refractivity contribution in [2.45, 2.75) is 51.2 Å². The molecular formula is C14H24N2O4. The van der Waals surface area contributed by atoms with Crippen LogP contribution in [0.25, 0.3) is 0 Å². The number of nitrogens with zero attached hydrogens (tertiary/aromatic N) is 2. The van der Waals surface area contributed by atoms with E-state index in [1.165, 1.54) is 0 Å². The number of hydrogen-bond donors (Lipinski definition) is 1. The van der Waals surface area contributed by atoms with E-state index in [9.17, 15) is 9.59 Å². The summed E-state index contributed by atoms with van der Waals surface area (Å²) in [5, 5.41) is 8.82. The van der Waals surface area contributed by atoms with Gasteiger partial charge in [0.2, 0.25) is 0 Å². The minimum Gasteiger partial charge on any atom is -0.481 e. The third-order valence-corrected chi connectivity index (χ3v) is 4.08. The predicted octanol–water partition coefficient (Wildman–Crippen LogP) is 1.55. The van der Waals surface area contributed by atoms with Crippen molar-refractivity contribution in [3.8, 4) is 0 Å². The zero-order valence-corrected chi connectivity index (χ0v) is 12.1. The van der Waals surface area contributed by atoms with Crippen LogP contribution in [0.5, 0.6) is 0 Å². The number of hydrogen-bond acceptors (Lipinski definition) is 3. The molecule has 1 N–H and O–H groups in total. The zero-order valence-electron chi connectivity index (χ0n) is 12.1. The van der Waals surface area contributed by atoms with Gasteiger partial charge in [0.25, 0.3) is 0 Å². The van der Waals surface area contributed by atoms with Gasteiger partial charge in [0, 0.05) is 32.1 Å². The van der Waals surface area contributed by atoms with Crippen LogP contribution in [0.3, 0.4) is 0 Å². The number of carbonyl (C=O) groups excluding carboxylic acids is 1. The van der Waals surface area contributed by atoms with E-state index >= 15 is 0 Å². The normalized spacial score (nSPS) is 27.4. The van der Waals surface area contributed by atoms with Gasteiger partial charge in [-0.1, -0.05) is 0 Å². The fraction of sp³-hybridized carbons (Fsp3) is 0.857. The molecule has 2 atom stereocenters. The molecular weight excluding hydrogens is 260 g/mol. The zero-order chi connectivity index (χ0) is 14.5. The van der Waals surface area contributed by atoms with Crippen molar-refractivity contribution in [3.63, 3.8) is 0 Å². The molecule has 0 spiro atoms. The lowest BCUT2D eigenvalue weighted by Gasteiger charge is -2.41. The van der Waals surface area contributed by atoms with Crippen LogP contribution >= 0.6 is 0 Å². The van der Waals surface area contributed by atoms with E-state index in [0.717, 1.165) is 25.8 Å². The van der Waals surface area contributed by atoms with Gasteiger partial charge in [-0.3, -0.25) is 4.79 Å². The van der Waals surface area contributed by atoms with E-state index in [2.05, 4.69) is 0 Å². The van der Waals surface area contributed by atoms with Crippen molar-refractivity contribution in [2.24, 2.45) is 0 Å². The van der Waals surface area contributed by atoms with Crippen molar-refractivity contribution < 1.29 is 19.4 Å². The fourth-order valence-electron chi connectivity index (χ4n) is 3.02. The number of aliphatic carboxylic acids is 1. The first kappa shape index (κ1) is 15.1. The summed E-state index contributed by atoms with van der Waals surface area (Å²) in [5.41, 5.74) is 0. The summed E-state index contributed by atoms with van der Waals surface area (Å²) in [4.78, 5) is 27.1. The van der Waals surface area contributed by atoms with Crippen LogP contribution in [0.4, 0.5) is 4.79 Å². The van der Waals surface area contributed by atoms with Gasteiger partial charge in [0.1, 0.15) is 0 Å². The quantitative estimate of drug-likeness (QED) is 0.853. The topological polar surface area (TPSA) is 70.1 Å². The third kappa shape index (κ3) is 3.85. The summed E-state index contributed by atoms with van der Waals surface area (Å²) in [7, 11) is 0. The lowest BCUT2D eigenvalue weighted by atomic mass is 9.98. The molecule has 2 saturated heterocycles. The molecule has 6 nitrogen and oxygen atoms in total. The second-order valence-corrected chi connectivity index (χ2v) is 5.69. The lowest BCUT2D eigenvalue weighted by molar-refractivity contribution is -0.137. The number of likely N-dealkylation sites (tertiary alicyclic amines) is 1. The molecule has 0 radical (unpaired) electrons. The van der Waals surface area contributed by atoms with E-state index in [4.69, 9.17) is 9.84 Å². The Bertz CT molecular complexity index is 361. The lowest BCUT2D eigenvalue weighted by Crippen LogP contribution is -2.54. The molecule has 2 heterocycles. The van der Waals surface area contributed by atoms with Gasteiger partial charge in [0.05, 0.1) is 12.7 Å². The highest BCUT2D eigenvalue weighted by Gasteiger charge is 2.31. The number of rotatable bonds is 3. The van der Waals surface area contributed by atoms with Gasteiger partial charge in [-0.25, -0.2) is 4.79 Å². The van der Waals surface area contributed by atoms with Gasteiger partial charge in [-0.2, -0.15) is 0 Å². The van der Waals surface area contributed by atoms with E-state index in [-0.39, 0.29) is 24.6 Å². The minimum atomic E-state index is -0.789. The van der Waals surface area contributed by atoms with Gasteiger partial charge in [-0.05, 0) is 32.6 Å². The highest BCUT2D eigenvalue weighted by molar-refractivity contribution is 5.75. The largest absolute Gasteiger partial charge is 0.481 e. The average Bonchev–Trinajstić information content (AvgIpc) is 2.44. The van der Waals surface area contributed by atoms with Gasteiger partial charge in [-0.15, -0.1) is 0 Å². The van der Waals surface area contributed by atoms with Crippen molar-refractivity contribution in [1.82, 2.24) is 9.80 Å². The van der Waals surface area contributed by atoms with Crippen LogP contribution in [0, 0.1) is 0 Å². The molecule has 20 heavy (non-hydrogen) atoms. The van der Waals surface area contributed by atoms with Crippen LogP contribution in [0.1, 0.15) is 39.0 Å². The van der Waals surface area contributed by atoms with E-state index in [1.807, 2.05) is 16.7 Å². The molecule has 2 unspecified atom stereocenters. The molecule has 2 rings (SSSR count). The Balaban J connectivity index is 1.95. The first-order chi connectivity index (χ1) is 9.58. The molecule has 0 aromatic rings. The summed E-state index contributed by atoms with van der Waals surface area (Å²) >= 11 is 0. The number of ether oxygens (including phenoxy) is 1. The highest BCUT2D eigenvalue weighted by atomic mass is 16.5. The first-order valence-corrected chi connectivity index (χ1v) is 7.47. The Morgan fingerprint density at radius 2 is 2.10 bits per heavy atom. The Morgan fingerprint density at radius 3 is 2.80 bits per heavy atom. The fourth-order valence-corrected chi connectivity index (χ4v) is 3.02. The Labute approximate surface area is 119 Å². The SMILES string of the molecule is CC1CN(C(=O)N2CCCCC2CCC(=O)O)CCO1. The molecule has 2 amide bonds. The summed E-state index contributed by atoms with van der Waals surface area (Å²) in [5.74, 6) is -0.789. The monoisotopic (exact) mass is 284 g/mol. The number of morpholine rings is 1. The molecule has 0 aromatic heterocycles.